The van der Waals surface area contributed by atoms with E-state index >= 15 is 0 Å². The summed E-state index contributed by atoms with van der Waals surface area (Å²) in [5.74, 6) is 0.0911. The minimum absolute atomic E-state index is 0.0320. The van der Waals surface area contributed by atoms with Gasteiger partial charge in [-0.25, -0.2) is 0 Å². The van der Waals surface area contributed by atoms with Gasteiger partial charge in [-0.3, -0.25) is 4.57 Å². The molecule has 5 heteroatoms. The van der Waals surface area contributed by atoms with Crippen LogP contribution in [-0.4, -0.2) is 14.8 Å². The molecule has 0 aliphatic carbocycles. The Balaban J connectivity index is 2.55. The zero-order valence-corrected chi connectivity index (χ0v) is 10.5. The molecule has 0 unspecified atom stereocenters. The van der Waals surface area contributed by atoms with Gasteiger partial charge >= 0.3 is 0 Å². The molecule has 0 bridgehead atoms. The van der Waals surface area contributed by atoms with Gasteiger partial charge in [-0.2, -0.15) is 0 Å². The quantitative estimate of drug-likeness (QED) is 0.835. The Bertz CT molecular complexity index is 507. The van der Waals surface area contributed by atoms with Crippen LogP contribution in [0.25, 0.3) is 5.69 Å². The van der Waals surface area contributed by atoms with E-state index in [1.165, 1.54) is 10.6 Å². The molecule has 2 rings (SSSR count). The molecule has 0 fully saturated rings. The number of halogens is 2. The van der Waals surface area contributed by atoms with Crippen molar-refractivity contribution in [2.45, 2.75) is 5.88 Å². The predicted molar refractivity (Wildman–Crippen MR) is 66.4 cm³/mol. The van der Waals surface area contributed by atoms with Crippen molar-refractivity contribution in [2.24, 2.45) is 0 Å². The molecule has 16 heavy (non-hydrogen) atoms. The molecule has 0 radical (unpaired) electrons. The number of nitrogens with zero attached hydrogens (tertiary/aromatic N) is 1. The Kier molecular flexibility index (Phi) is 3.12. The van der Waals surface area contributed by atoms with Crippen molar-refractivity contribution < 1.29 is 10.2 Å². The Labute approximate surface area is 106 Å². The van der Waals surface area contributed by atoms with Crippen LogP contribution in [0.3, 0.4) is 0 Å². The fourth-order valence-electron chi connectivity index (χ4n) is 1.48. The van der Waals surface area contributed by atoms with E-state index in [1.807, 2.05) is 12.1 Å². The standard InChI is InChI=1S/C11H9BrClNO2/c12-8-1-3-9(4-2-8)14-10(15)5-7(6-13)11(14)16/h1-5,15-16H,6H2. The first-order valence-corrected chi connectivity index (χ1v) is 5.90. The van der Waals surface area contributed by atoms with Gasteiger partial charge in [0.05, 0.1) is 11.6 Å². The first kappa shape index (κ1) is 11.4. The number of aromatic nitrogens is 1. The molecule has 2 aromatic rings. The van der Waals surface area contributed by atoms with Crippen LogP contribution in [0.4, 0.5) is 0 Å². The lowest BCUT2D eigenvalue weighted by Gasteiger charge is -2.06. The Morgan fingerprint density at radius 2 is 1.81 bits per heavy atom. The molecular formula is C11H9BrClNO2. The summed E-state index contributed by atoms with van der Waals surface area (Å²) < 4.78 is 2.27. The average molecular weight is 303 g/mol. The average Bonchev–Trinajstić information content (AvgIpc) is 2.56. The third kappa shape index (κ3) is 1.90. The second-order valence-electron chi connectivity index (χ2n) is 3.30. The summed E-state index contributed by atoms with van der Waals surface area (Å²) in [6.07, 6.45) is 0. The molecule has 1 heterocycles. The van der Waals surface area contributed by atoms with E-state index in [2.05, 4.69) is 15.9 Å². The topological polar surface area (TPSA) is 45.4 Å². The Morgan fingerprint density at radius 1 is 1.19 bits per heavy atom. The van der Waals surface area contributed by atoms with E-state index in [1.54, 1.807) is 12.1 Å². The molecule has 2 N–H and O–H groups in total. The Hall–Kier alpha value is -1.13. The van der Waals surface area contributed by atoms with Crippen molar-refractivity contribution in [3.05, 3.63) is 40.4 Å². The largest absolute Gasteiger partial charge is 0.494 e. The molecule has 0 amide bonds. The van der Waals surface area contributed by atoms with Crippen LogP contribution in [0.2, 0.25) is 0 Å². The van der Waals surface area contributed by atoms with Crippen LogP contribution in [0, 0.1) is 0 Å². The number of alkyl halides is 1. The first-order valence-electron chi connectivity index (χ1n) is 4.58. The Morgan fingerprint density at radius 3 is 2.31 bits per heavy atom. The van der Waals surface area contributed by atoms with Crippen LogP contribution in [0.15, 0.2) is 34.8 Å². The number of hydrogen-bond acceptors (Lipinski definition) is 2. The van der Waals surface area contributed by atoms with E-state index in [-0.39, 0.29) is 17.6 Å². The lowest BCUT2D eigenvalue weighted by Crippen LogP contribution is -1.92. The zero-order chi connectivity index (χ0) is 11.7. The lowest BCUT2D eigenvalue weighted by molar-refractivity contribution is 0.401. The zero-order valence-electron chi connectivity index (χ0n) is 8.19. The molecular weight excluding hydrogens is 293 g/mol. The fourth-order valence-corrected chi connectivity index (χ4v) is 1.94. The molecule has 0 saturated heterocycles. The second-order valence-corrected chi connectivity index (χ2v) is 4.48. The maximum atomic E-state index is 9.84. The summed E-state index contributed by atoms with van der Waals surface area (Å²) in [5.41, 5.74) is 1.18. The molecule has 0 atom stereocenters. The summed E-state index contributed by atoms with van der Waals surface area (Å²) in [6, 6.07) is 8.66. The smallest absolute Gasteiger partial charge is 0.203 e. The van der Waals surface area contributed by atoms with Crippen molar-refractivity contribution in [1.82, 2.24) is 4.57 Å². The van der Waals surface area contributed by atoms with E-state index in [4.69, 9.17) is 11.6 Å². The summed E-state index contributed by atoms with van der Waals surface area (Å²) in [7, 11) is 0. The number of aromatic hydroxyl groups is 2. The first-order chi connectivity index (χ1) is 7.63. The summed E-state index contributed by atoms with van der Waals surface area (Å²) in [6.45, 7) is 0. The molecule has 0 saturated carbocycles. The van der Waals surface area contributed by atoms with Gasteiger partial charge in [-0.1, -0.05) is 15.9 Å². The number of benzene rings is 1. The molecule has 0 aliphatic rings. The molecule has 3 nitrogen and oxygen atoms in total. The van der Waals surface area contributed by atoms with E-state index < -0.39 is 0 Å². The van der Waals surface area contributed by atoms with Gasteiger partial charge in [-0.15, -0.1) is 11.6 Å². The van der Waals surface area contributed by atoms with Gasteiger partial charge in [0.15, 0.2) is 5.88 Å². The molecule has 1 aromatic heterocycles. The van der Waals surface area contributed by atoms with Gasteiger partial charge < -0.3 is 10.2 Å². The van der Waals surface area contributed by atoms with Crippen molar-refractivity contribution in [1.29, 1.82) is 0 Å². The highest BCUT2D eigenvalue weighted by Crippen LogP contribution is 2.32. The highest BCUT2D eigenvalue weighted by molar-refractivity contribution is 9.10. The number of rotatable bonds is 2. The van der Waals surface area contributed by atoms with E-state index in [0.29, 0.717) is 11.3 Å². The summed E-state index contributed by atoms with van der Waals surface area (Å²) in [5, 5.41) is 19.5. The van der Waals surface area contributed by atoms with Gasteiger partial charge in [0.1, 0.15) is 0 Å². The normalized spacial score (nSPS) is 10.6. The van der Waals surface area contributed by atoms with Gasteiger partial charge in [-0.05, 0) is 24.3 Å². The molecule has 1 aromatic carbocycles. The molecule has 84 valence electrons. The minimum Gasteiger partial charge on any atom is -0.494 e. The predicted octanol–water partition coefficient (Wildman–Crippen LogP) is 3.39. The van der Waals surface area contributed by atoms with Crippen LogP contribution in [0.5, 0.6) is 11.8 Å². The maximum absolute atomic E-state index is 9.84. The van der Waals surface area contributed by atoms with Crippen molar-refractivity contribution in [2.75, 3.05) is 0 Å². The van der Waals surface area contributed by atoms with Crippen LogP contribution in [0.1, 0.15) is 5.56 Å². The van der Waals surface area contributed by atoms with Gasteiger partial charge in [0.2, 0.25) is 5.88 Å². The molecule has 0 aliphatic heterocycles. The summed E-state index contributed by atoms with van der Waals surface area (Å²) >= 11 is 8.96. The van der Waals surface area contributed by atoms with Gasteiger partial charge in [0, 0.05) is 16.1 Å². The maximum Gasteiger partial charge on any atom is 0.203 e. The van der Waals surface area contributed by atoms with E-state index in [0.717, 1.165) is 4.47 Å². The van der Waals surface area contributed by atoms with Crippen molar-refractivity contribution in [3.8, 4) is 17.4 Å². The highest BCUT2D eigenvalue weighted by Gasteiger charge is 2.14. The summed E-state index contributed by atoms with van der Waals surface area (Å²) in [4.78, 5) is 0. The molecule has 0 spiro atoms. The monoisotopic (exact) mass is 301 g/mol. The van der Waals surface area contributed by atoms with Crippen molar-refractivity contribution >= 4 is 27.5 Å². The SMILES string of the molecule is Oc1cc(CCl)c(O)n1-c1ccc(Br)cc1. The van der Waals surface area contributed by atoms with Crippen LogP contribution < -0.4 is 0 Å². The lowest BCUT2D eigenvalue weighted by atomic mass is 10.3. The van der Waals surface area contributed by atoms with Crippen LogP contribution in [-0.2, 0) is 5.88 Å². The second kappa shape index (κ2) is 4.39. The van der Waals surface area contributed by atoms with E-state index in [9.17, 15) is 10.2 Å². The van der Waals surface area contributed by atoms with Crippen LogP contribution >= 0.6 is 27.5 Å². The van der Waals surface area contributed by atoms with Gasteiger partial charge in [0.25, 0.3) is 0 Å². The third-order valence-electron chi connectivity index (χ3n) is 2.26. The number of hydrogen-bond donors (Lipinski definition) is 2. The highest BCUT2D eigenvalue weighted by atomic mass is 79.9. The third-order valence-corrected chi connectivity index (χ3v) is 3.08. The van der Waals surface area contributed by atoms with Crippen molar-refractivity contribution in [3.63, 3.8) is 0 Å². The fraction of sp³-hybridized carbons (Fsp3) is 0.0909. The minimum atomic E-state index is -0.0326.